The highest BCUT2D eigenvalue weighted by Gasteiger charge is 2.53. The number of allylic oxidation sites excluding steroid dienone is 2. The van der Waals surface area contributed by atoms with Crippen LogP contribution >= 0.6 is 76.1 Å². The zero-order valence-corrected chi connectivity index (χ0v) is 89.9. The number of hydrogen-bond acceptors (Lipinski definition) is 15. The number of benzene rings is 6. The van der Waals surface area contributed by atoms with Crippen molar-refractivity contribution in [2.45, 2.75) is 151 Å². The van der Waals surface area contributed by atoms with Gasteiger partial charge in [-0.1, -0.05) is 182 Å². The van der Waals surface area contributed by atoms with Gasteiger partial charge in [0.15, 0.2) is 5.70 Å². The maximum atomic E-state index is 16.6. The smallest absolute Gasteiger partial charge is 0.394 e. The molecule has 0 aliphatic carbocycles. The minimum atomic E-state index is -4.32. The number of nitrogens with zero attached hydrogens (tertiary/aromatic N) is 2. The number of nitrogens with one attached hydrogen (secondary N) is 10. The molecule has 11 amide bonds. The highest BCUT2D eigenvalue weighted by molar-refractivity contribution is 8.00. The third-order valence-electron chi connectivity index (χ3n) is 23.7. The molecule has 0 unspecified atom stereocenters. The number of amides is 11. The summed E-state index contributed by atoms with van der Waals surface area (Å²) in [5.74, 6) is -5.04. The molecule has 0 saturated carbocycles. The molecule has 750 valence electrons. The van der Waals surface area contributed by atoms with Crippen LogP contribution in [0.3, 0.4) is 0 Å². The Labute approximate surface area is 841 Å². The SMILES string of the molecule is CC1=CC(C)=[N+]2C1=Cc1ccc(CCC(=O)N[C@@H](CSCCC[P+](C)(C)C)C(=O)N[C@@H](Cc3ccccc3)C(=O)N[C@@H](Cc3ccccc3)C(=O)N[C@@H](CSCCC[P+](C)(C)C)C(=O)N[C@@H](Cc3ccccc3)C(=O)N[C@@H](Cc3ccccc3)C(=O)N[C@@H](CSCCC[P+](C)(C)C)C(=O)N[C@@H](Cc3ccccc3)C(=O)N[C@@H](Cc3ccccc3)C(=O)N[C@@H](CSCCC[P+](C)(C)C)C(N)=O)n1[B-]2(F)F. The predicted molar refractivity (Wildman–Crippen MR) is 584 cm³/mol. The molecule has 2 aliphatic rings. The van der Waals surface area contributed by atoms with Crippen molar-refractivity contribution in [3.05, 3.63) is 256 Å². The Morgan fingerprint density at radius 2 is 0.568 bits per heavy atom. The fraction of sp³-hybridized carbons (Fsp3) is 0.462. The van der Waals surface area contributed by atoms with E-state index in [9.17, 15) is 14.4 Å². The van der Waals surface area contributed by atoms with Crippen LogP contribution in [0.25, 0.3) is 6.08 Å². The van der Waals surface area contributed by atoms with Gasteiger partial charge < -0.3 is 76.5 Å². The summed E-state index contributed by atoms with van der Waals surface area (Å²) >= 11 is 5.85. The lowest BCUT2D eigenvalue weighted by atomic mass is 9.89. The van der Waals surface area contributed by atoms with Gasteiger partial charge in [-0.2, -0.15) is 47.0 Å². The number of halogens is 2. The van der Waals surface area contributed by atoms with Gasteiger partial charge in [0.1, 0.15) is 66.1 Å². The highest BCUT2D eigenvalue weighted by atomic mass is 32.2. The Morgan fingerprint density at radius 3 is 0.827 bits per heavy atom. The van der Waals surface area contributed by atoms with Gasteiger partial charge in [0, 0.05) is 207 Å². The van der Waals surface area contributed by atoms with E-state index < -0.39 is 161 Å². The number of carbonyl (C=O) groups is 11. The van der Waals surface area contributed by atoms with Crippen LogP contribution in [-0.2, 0) is 97.7 Å². The molecular formula is C104H146BF2N13O11P4S4+4. The molecule has 0 fully saturated rings. The lowest BCUT2D eigenvalue weighted by Gasteiger charge is -2.31. The first-order chi connectivity index (χ1) is 65.9. The molecule has 1 aromatic heterocycles. The molecule has 7 aromatic rings. The predicted octanol–water partition coefficient (Wildman–Crippen LogP) is 12.3. The van der Waals surface area contributed by atoms with Crippen molar-refractivity contribution in [3.63, 3.8) is 0 Å². The zero-order valence-electron chi connectivity index (χ0n) is 83.1. The molecule has 9 rings (SSSR count). The molecule has 139 heavy (non-hydrogen) atoms. The normalized spacial score (nSPS) is 15.2. The van der Waals surface area contributed by atoms with Crippen LogP contribution in [0.4, 0.5) is 8.63 Å². The van der Waals surface area contributed by atoms with Crippen molar-refractivity contribution in [1.29, 1.82) is 0 Å². The number of rotatable bonds is 59. The van der Waals surface area contributed by atoms with Crippen molar-refractivity contribution in [3.8, 4) is 0 Å². The average Bonchev–Trinajstić information content (AvgIpc) is 1.58. The number of nitrogens with two attached hydrogens (primary N) is 1. The van der Waals surface area contributed by atoms with Crippen molar-refractivity contribution in [1.82, 2.24) is 57.6 Å². The number of carbonyl (C=O) groups excluding carboxylic acids is 11. The summed E-state index contributed by atoms with van der Waals surface area (Å²) in [6, 6.07) is 43.9. The molecule has 12 N–H and O–H groups in total. The Kier molecular flexibility index (Phi) is 45.4. The van der Waals surface area contributed by atoms with Gasteiger partial charge in [-0.15, -0.1) is 0 Å². The standard InChI is InChI=1S/C104H142BF2N13O11P4S4/c1-73-61-74(2)119-93(73)68-82-50-49-81(120(82)105(119,106)107)51-52-94(121)109-90(70-137-58-34-54-133(6,7)8)102(129)113-83(62-75-37-21-15-22-38-75)96(123)111-87(66-79-45-29-19-30-46-79)100(127)117-92(72-139-60-36-56-135(12,13)14)104(131)115-85(64-77-41-25-17-26-42-77)98(125)112-88(67-80-47-31-20-32-48-80)101(128)118-91(71-138-59-35-55-134(9,10)11)103(130)114-84(63-76-39-23-16-24-40-76)97(124)110-86(65-78-43-27-18-28-44-78)99(126)116-89(95(108)122)69-136-57-33-53-132(3,4)5/h15-32,37-50,61,68,83-92H,33-36,51-60,62-67,69-72H2,1-14H3,(H8-4,108,109,110,111,112,113,114,115,116,117,118,121,122,123,124,125,126,127,128,129,130,131)/p+4/t83-,84-,85-,86-,87-,88-,89-,90-,91-,92-/m0/s1. The van der Waals surface area contributed by atoms with Crippen LogP contribution in [0.15, 0.2) is 211 Å². The third kappa shape index (κ3) is 39.7. The molecule has 0 spiro atoms. The largest absolute Gasteiger partial charge is 0.737 e. The van der Waals surface area contributed by atoms with E-state index in [1.807, 2.05) is 54.6 Å². The van der Waals surface area contributed by atoms with Gasteiger partial charge in [-0.05, 0) is 113 Å². The topological polar surface area (TPSA) is 342 Å². The molecular weight excluding hydrogens is 1910 g/mol. The van der Waals surface area contributed by atoms with E-state index in [0.29, 0.717) is 67.7 Å². The van der Waals surface area contributed by atoms with Crippen LogP contribution in [-0.4, -0.2) is 298 Å². The Morgan fingerprint density at radius 1 is 0.331 bits per heavy atom. The number of fused-ring (bicyclic) bond motifs is 2. The van der Waals surface area contributed by atoms with Crippen LogP contribution in [0.2, 0.25) is 0 Å². The van der Waals surface area contributed by atoms with Crippen LogP contribution in [0, 0.1) is 0 Å². The first kappa shape index (κ1) is 114. The van der Waals surface area contributed by atoms with Gasteiger partial charge in [0.05, 0.1) is 24.6 Å². The molecule has 35 heteroatoms. The van der Waals surface area contributed by atoms with Crippen LogP contribution in [0.5, 0.6) is 0 Å². The van der Waals surface area contributed by atoms with Crippen molar-refractivity contribution < 1.29 is 65.9 Å². The molecule has 24 nitrogen and oxygen atoms in total. The van der Waals surface area contributed by atoms with Crippen LogP contribution < -0.4 is 58.9 Å². The molecule has 0 radical (unpaired) electrons. The maximum absolute atomic E-state index is 16.6. The van der Waals surface area contributed by atoms with E-state index in [2.05, 4.69) is 133 Å². The second-order valence-electron chi connectivity index (χ2n) is 40.1. The summed E-state index contributed by atoms with van der Waals surface area (Å²) in [6.45, 7) is 26.1. The molecule has 6 aromatic carbocycles. The van der Waals surface area contributed by atoms with Gasteiger partial charge in [0.2, 0.25) is 65.0 Å². The lowest BCUT2D eigenvalue weighted by Crippen LogP contribution is -2.62. The minimum absolute atomic E-state index is 0.000469. The monoisotopic (exact) mass is 2050 g/mol. The third-order valence-corrected chi connectivity index (χ3v) is 34.9. The zero-order chi connectivity index (χ0) is 101. The lowest BCUT2D eigenvalue weighted by molar-refractivity contribution is -0.362. The Hall–Kier alpha value is -9.04. The van der Waals surface area contributed by atoms with Crippen LogP contribution in [0.1, 0.15) is 90.7 Å². The summed E-state index contributed by atoms with van der Waals surface area (Å²) in [6.07, 6.45) is 10.0. The maximum Gasteiger partial charge on any atom is 0.737 e. The van der Waals surface area contributed by atoms with E-state index in [4.69, 9.17) is 5.73 Å². The van der Waals surface area contributed by atoms with Gasteiger partial charge >= 0.3 is 6.97 Å². The summed E-state index contributed by atoms with van der Waals surface area (Å²) in [4.78, 5) is 167. The second-order valence-corrected chi connectivity index (χ2v) is 64.8. The summed E-state index contributed by atoms with van der Waals surface area (Å²) in [7, 11) is -4.70. The first-order valence-electron chi connectivity index (χ1n) is 47.8. The first-order valence-corrected chi connectivity index (χ1v) is 65.7. The average molecular weight is 2060 g/mol. The van der Waals surface area contributed by atoms with Gasteiger partial charge in [0.25, 0.3) is 0 Å². The fourth-order valence-electron chi connectivity index (χ4n) is 16.3. The number of thioether (sulfide) groups is 4. The minimum Gasteiger partial charge on any atom is -0.394 e. The van der Waals surface area contributed by atoms with Crippen molar-refractivity contribution in [2.24, 2.45) is 5.73 Å². The number of hydrogen-bond donors (Lipinski definition) is 11. The summed E-state index contributed by atoms with van der Waals surface area (Å²) < 4.78 is 35.3. The Balaban J connectivity index is 0.995. The van der Waals surface area contributed by atoms with Gasteiger partial charge in [-0.3, -0.25) is 52.7 Å². The number of aromatic nitrogens is 1. The fourth-order valence-corrected chi connectivity index (χ4v) is 25.6. The van der Waals surface area contributed by atoms with E-state index in [1.54, 1.807) is 166 Å². The van der Waals surface area contributed by atoms with E-state index in [-0.39, 0.29) is 80.1 Å². The molecule has 3 heterocycles. The molecule has 10 atom stereocenters. The van der Waals surface area contributed by atoms with E-state index >= 15 is 47.0 Å². The van der Waals surface area contributed by atoms with Crippen molar-refractivity contribution >= 4 is 160 Å². The summed E-state index contributed by atoms with van der Waals surface area (Å²) in [5.41, 5.74) is 11.9. The quantitative estimate of drug-likeness (QED) is 0.00959. The van der Waals surface area contributed by atoms with Gasteiger partial charge in [-0.25, -0.2) is 0 Å². The number of primary amides is 1. The molecule has 2 aliphatic heterocycles. The molecule has 0 saturated heterocycles. The Bertz CT molecular complexity index is 5290. The molecule has 0 bridgehead atoms. The van der Waals surface area contributed by atoms with E-state index in [1.165, 1.54) is 47.0 Å². The van der Waals surface area contributed by atoms with Crippen molar-refractivity contribution in [2.75, 3.05) is 151 Å². The summed E-state index contributed by atoms with van der Waals surface area (Å²) in [5, 5.41) is 29.6. The second kappa shape index (κ2) is 55.6. The number of aryl methyl sites for hydroxylation is 1. The highest BCUT2D eigenvalue weighted by Crippen LogP contribution is 2.49. The van der Waals surface area contributed by atoms with E-state index in [0.717, 1.165) is 70.6 Å².